The molecule has 1 heterocycles. The predicted molar refractivity (Wildman–Crippen MR) is 118 cm³/mol. The number of sulfonamides is 1. The second kappa shape index (κ2) is 8.96. The number of hydrogen-bond acceptors (Lipinski definition) is 4. The fourth-order valence-corrected chi connectivity index (χ4v) is 5.12. The van der Waals surface area contributed by atoms with Crippen LogP contribution in [0.3, 0.4) is 0 Å². The van der Waals surface area contributed by atoms with Crippen LogP contribution in [-0.4, -0.2) is 56.8 Å². The molecule has 30 heavy (non-hydrogen) atoms. The molecule has 1 aliphatic carbocycles. The first kappa shape index (κ1) is 21.2. The van der Waals surface area contributed by atoms with Gasteiger partial charge in [-0.05, 0) is 68.1 Å². The maximum atomic E-state index is 13.0. The molecule has 2 aromatic carbocycles. The third-order valence-corrected chi connectivity index (χ3v) is 7.17. The smallest absolute Gasteiger partial charge is 0.261 e. The number of carbonyl (C=O) groups is 1. The van der Waals surface area contributed by atoms with E-state index in [9.17, 15) is 13.2 Å². The highest BCUT2D eigenvalue weighted by molar-refractivity contribution is 7.92. The maximum absolute atomic E-state index is 13.0. The lowest BCUT2D eigenvalue weighted by Crippen LogP contribution is -2.35. The van der Waals surface area contributed by atoms with Gasteiger partial charge in [0.25, 0.3) is 15.9 Å². The summed E-state index contributed by atoms with van der Waals surface area (Å²) in [6.07, 6.45) is 3.62. The Kier molecular flexibility index (Phi) is 6.32. The van der Waals surface area contributed by atoms with Crippen molar-refractivity contribution in [2.24, 2.45) is 5.92 Å². The van der Waals surface area contributed by atoms with E-state index in [-0.39, 0.29) is 10.8 Å². The van der Waals surface area contributed by atoms with E-state index in [4.69, 9.17) is 11.6 Å². The summed E-state index contributed by atoms with van der Waals surface area (Å²) >= 11 is 5.92. The number of halogens is 1. The lowest BCUT2D eigenvalue weighted by Gasteiger charge is -2.22. The molecule has 8 heteroatoms. The zero-order chi connectivity index (χ0) is 21.1. The molecule has 1 aliphatic heterocycles. The van der Waals surface area contributed by atoms with Crippen LogP contribution in [0, 0.1) is 5.92 Å². The van der Waals surface area contributed by atoms with Crippen molar-refractivity contribution in [1.29, 1.82) is 0 Å². The Morgan fingerprint density at radius 3 is 2.60 bits per heavy atom. The Balaban J connectivity index is 1.44. The minimum Gasteiger partial charge on any atom is -0.337 e. The zero-order valence-electron chi connectivity index (χ0n) is 16.8. The number of hydrogen-bond donors (Lipinski definition) is 1. The van der Waals surface area contributed by atoms with Crippen LogP contribution in [-0.2, 0) is 10.0 Å². The van der Waals surface area contributed by atoms with Crippen molar-refractivity contribution in [3.63, 3.8) is 0 Å². The highest BCUT2D eigenvalue weighted by Crippen LogP contribution is 2.30. The number of amides is 1. The Hall–Kier alpha value is -2.09. The van der Waals surface area contributed by atoms with Gasteiger partial charge in [-0.25, -0.2) is 8.42 Å². The summed E-state index contributed by atoms with van der Waals surface area (Å²) in [5.74, 6) is 0.781. The summed E-state index contributed by atoms with van der Waals surface area (Å²) in [6, 6.07) is 12.7. The van der Waals surface area contributed by atoms with E-state index in [1.807, 2.05) is 4.90 Å². The lowest BCUT2D eigenvalue weighted by molar-refractivity contribution is 0.0761. The SMILES string of the molecule is O=C(c1cccc(NS(=O)(=O)c2cccc(Cl)c2)c1)N1CCCN(CC2CC2)CC1. The van der Waals surface area contributed by atoms with Crippen molar-refractivity contribution < 1.29 is 13.2 Å². The Labute approximate surface area is 182 Å². The highest BCUT2D eigenvalue weighted by Gasteiger charge is 2.26. The third kappa shape index (κ3) is 5.33. The molecule has 0 aromatic heterocycles. The van der Waals surface area contributed by atoms with Crippen molar-refractivity contribution in [2.75, 3.05) is 37.4 Å². The summed E-state index contributed by atoms with van der Waals surface area (Å²) in [4.78, 5) is 17.4. The van der Waals surface area contributed by atoms with Crippen molar-refractivity contribution >= 4 is 33.2 Å². The van der Waals surface area contributed by atoms with Crippen molar-refractivity contribution in [3.05, 3.63) is 59.1 Å². The summed E-state index contributed by atoms with van der Waals surface area (Å²) in [5, 5.41) is 0.346. The van der Waals surface area contributed by atoms with Gasteiger partial charge >= 0.3 is 0 Å². The number of nitrogens with one attached hydrogen (secondary N) is 1. The molecule has 1 N–H and O–H groups in total. The van der Waals surface area contributed by atoms with E-state index >= 15 is 0 Å². The van der Waals surface area contributed by atoms with Gasteiger partial charge in [0.2, 0.25) is 0 Å². The molecule has 0 bridgehead atoms. The van der Waals surface area contributed by atoms with Gasteiger partial charge in [-0.15, -0.1) is 0 Å². The molecule has 2 aliphatic rings. The van der Waals surface area contributed by atoms with Crippen molar-refractivity contribution in [2.45, 2.75) is 24.2 Å². The van der Waals surface area contributed by atoms with Crippen LogP contribution in [0.1, 0.15) is 29.6 Å². The Morgan fingerprint density at radius 2 is 1.83 bits per heavy atom. The molecule has 1 amide bonds. The van der Waals surface area contributed by atoms with Gasteiger partial charge in [-0.1, -0.05) is 23.7 Å². The van der Waals surface area contributed by atoms with Crippen LogP contribution in [0.15, 0.2) is 53.4 Å². The molecule has 0 atom stereocenters. The van der Waals surface area contributed by atoms with Gasteiger partial charge in [-0.2, -0.15) is 0 Å². The van der Waals surface area contributed by atoms with Crippen molar-refractivity contribution in [3.8, 4) is 0 Å². The normalized spacial score (nSPS) is 18.1. The van der Waals surface area contributed by atoms with Gasteiger partial charge in [0.1, 0.15) is 0 Å². The summed E-state index contributed by atoms with van der Waals surface area (Å²) in [5.41, 5.74) is 0.836. The monoisotopic (exact) mass is 447 g/mol. The van der Waals surface area contributed by atoms with Crippen LogP contribution in [0.4, 0.5) is 5.69 Å². The molecule has 0 radical (unpaired) electrons. The van der Waals surface area contributed by atoms with E-state index in [0.717, 1.165) is 38.5 Å². The number of nitrogens with zero attached hydrogens (tertiary/aromatic N) is 2. The fraction of sp³-hybridized carbons (Fsp3) is 0.409. The topological polar surface area (TPSA) is 69.7 Å². The second-order valence-corrected chi connectivity index (χ2v) is 10.2. The van der Waals surface area contributed by atoms with Gasteiger partial charge in [-0.3, -0.25) is 9.52 Å². The maximum Gasteiger partial charge on any atom is 0.261 e. The molecule has 1 saturated heterocycles. The zero-order valence-corrected chi connectivity index (χ0v) is 18.3. The molecule has 4 rings (SSSR count). The van der Waals surface area contributed by atoms with E-state index in [1.54, 1.807) is 36.4 Å². The van der Waals surface area contributed by atoms with Crippen molar-refractivity contribution in [1.82, 2.24) is 9.80 Å². The van der Waals surface area contributed by atoms with Gasteiger partial charge in [0.05, 0.1) is 4.90 Å². The standard InChI is InChI=1S/C22H26ClN3O3S/c23-19-5-2-7-21(15-19)30(28,29)24-20-6-1-4-18(14-20)22(27)26-11-3-10-25(12-13-26)16-17-8-9-17/h1-2,4-7,14-15,17,24H,3,8-13,16H2. The first-order valence-electron chi connectivity index (χ1n) is 10.3. The molecule has 2 fully saturated rings. The largest absolute Gasteiger partial charge is 0.337 e. The first-order chi connectivity index (χ1) is 14.4. The van der Waals surface area contributed by atoms with E-state index in [1.165, 1.54) is 25.0 Å². The number of rotatable bonds is 6. The highest BCUT2D eigenvalue weighted by atomic mass is 35.5. The van der Waals surface area contributed by atoms with Gasteiger partial charge in [0, 0.05) is 42.5 Å². The summed E-state index contributed by atoms with van der Waals surface area (Å²) in [7, 11) is -3.79. The molecule has 160 valence electrons. The molecule has 6 nitrogen and oxygen atoms in total. The van der Waals surface area contributed by atoms with Crippen LogP contribution in [0.25, 0.3) is 0 Å². The average molecular weight is 448 g/mol. The molecule has 0 unspecified atom stereocenters. The number of carbonyl (C=O) groups excluding carboxylic acids is 1. The van der Waals surface area contributed by atoms with Gasteiger partial charge in [0.15, 0.2) is 0 Å². The Bertz CT molecular complexity index is 1020. The molecular weight excluding hydrogens is 422 g/mol. The second-order valence-electron chi connectivity index (χ2n) is 8.03. The average Bonchev–Trinajstić information content (AvgIpc) is 3.55. The first-order valence-corrected chi connectivity index (χ1v) is 12.2. The van der Waals surface area contributed by atoms with Crippen LogP contribution in [0.2, 0.25) is 5.02 Å². The minimum absolute atomic E-state index is 0.0629. The summed E-state index contributed by atoms with van der Waals surface area (Å²) < 4.78 is 27.8. The number of benzene rings is 2. The predicted octanol–water partition coefficient (Wildman–Crippen LogP) is 3.70. The van der Waals surface area contributed by atoms with E-state index < -0.39 is 10.0 Å². The molecule has 2 aromatic rings. The minimum atomic E-state index is -3.79. The van der Waals surface area contributed by atoms with Crippen LogP contribution in [0.5, 0.6) is 0 Å². The van der Waals surface area contributed by atoms with E-state index in [0.29, 0.717) is 22.8 Å². The number of anilines is 1. The quantitative estimate of drug-likeness (QED) is 0.733. The molecule has 1 saturated carbocycles. The Morgan fingerprint density at radius 1 is 1.03 bits per heavy atom. The molecular formula is C22H26ClN3O3S. The van der Waals surface area contributed by atoms with Crippen LogP contribution < -0.4 is 4.72 Å². The molecule has 0 spiro atoms. The fourth-order valence-electron chi connectivity index (χ4n) is 3.77. The third-order valence-electron chi connectivity index (χ3n) is 5.56. The van der Waals surface area contributed by atoms with Gasteiger partial charge < -0.3 is 9.80 Å². The summed E-state index contributed by atoms with van der Waals surface area (Å²) in [6.45, 7) is 4.48. The van der Waals surface area contributed by atoms with Crippen LogP contribution >= 0.6 is 11.6 Å². The lowest BCUT2D eigenvalue weighted by atomic mass is 10.1. The van der Waals surface area contributed by atoms with E-state index in [2.05, 4.69) is 9.62 Å².